The Morgan fingerprint density at radius 1 is 1.10 bits per heavy atom. The van der Waals surface area contributed by atoms with Crippen LogP contribution < -0.4 is 15.9 Å². The molecule has 2 aliphatic rings. The zero-order valence-electron chi connectivity index (χ0n) is 22.2. The van der Waals surface area contributed by atoms with E-state index in [1.807, 2.05) is 73.2 Å². The van der Waals surface area contributed by atoms with Crippen LogP contribution in [-0.4, -0.2) is 53.3 Å². The highest BCUT2D eigenvalue weighted by Gasteiger charge is 2.35. The number of anilines is 1. The van der Waals surface area contributed by atoms with Crippen LogP contribution in [0, 0.1) is 13.8 Å². The maximum absolute atomic E-state index is 14.2. The van der Waals surface area contributed by atoms with Crippen molar-refractivity contribution in [2.75, 3.05) is 25.0 Å². The monoisotopic (exact) mass is 542 g/mol. The summed E-state index contributed by atoms with van der Waals surface area (Å²) >= 11 is 6.45. The summed E-state index contributed by atoms with van der Waals surface area (Å²) in [6.45, 7) is 5.65. The van der Waals surface area contributed by atoms with E-state index in [4.69, 9.17) is 16.6 Å². The van der Waals surface area contributed by atoms with Crippen molar-refractivity contribution in [2.24, 2.45) is 4.99 Å². The number of hydrogen-bond acceptors (Lipinski definition) is 5. The molecule has 2 atom stereocenters. The van der Waals surface area contributed by atoms with E-state index in [9.17, 15) is 9.59 Å². The normalized spacial score (nSPS) is 18.5. The molecule has 200 valence electrons. The summed E-state index contributed by atoms with van der Waals surface area (Å²) in [6, 6.07) is 15.4. The first-order chi connectivity index (χ1) is 18.8. The molecule has 3 aromatic carbocycles. The molecular weight excluding hydrogens is 512 g/mol. The summed E-state index contributed by atoms with van der Waals surface area (Å²) in [7, 11) is 1.88. The topological polar surface area (TPSA) is 96.6 Å². The summed E-state index contributed by atoms with van der Waals surface area (Å²) in [6.07, 6.45) is 3.93. The van der Waals surface area contributed by atoms with Crippen molar-refractivity contribution in [3.63, 3.8) is 0 Å². The van der Waals surface area contributed by atoms with Crippen LogP contribution in [0.25, 0.3) is 22.2 Å². The number of aromatic amines is 2. The molecule has 3 N–H and O–H groups in total. The van der Waals surface area contributed by atoms with Crippen LogP contribution in [0.4, 0.5) is 11.4 Å². The Balaban J connectivity index is 1.46. The van der Waals surface area contributed by atoms with Crippen LogP contribution in [0.3, 0.4) is 0 Å². The van der Waals surface area contributed by atoms with Gasteiger partial charge in [0.2, 0.25) is 5.91 Å². The van der Waals surface area contributed by atoms with Crippen LogP contribution in [-0.2, 0) is 4.79 Å². The highest BCUT2D eigenvalue weighted by molar-refractivity contribution is 6.31. The Kier molecular flexibility index (Phi) is 6.53. The largest absolute Gasteiger partial charge is 0.342 e. The first-order valence-corrected chi connectivity index (χ1v) is 13.6. The van der Waals surface area contributed by atoms with Crippen LogP contribution in [0.1, 0.15) is 35.6 Å². The SMILES string of the molecule is Cc1cc(Cl)cc(N2C=Nc3cc(C)c(-c4ccc5[nH]c(=O)[nH]c5c4)cc3C2C(=O)N(C)C[C@@H]2CCCN2)c1. The lowest BCUT2D eigenvalue weighted by Crippen LogP contribution is -2.46. The van der Waals surface area contributed by atoms with Gasteiger partial charge in [0.25, 0.3) is 0 Å². The van der Waals surface area contributed by atoms with E-state index in [1.54, 1.807) is 6.34 Å². The van der Waals surface area contributed by atoms with Gasteiger partial charge in [-0.2, -0.15) is 0 Å². The number of nitrogens with zero attached hydrogens (tertiary/aromatic N) is 3. The van der Waals surface area contributed by atoms with Crippen molar-refractivity contribution in [3.05, 3.63) is 80.7 Å². The maximum Gasteiger partial charge on any atom is 0.323 e. The van der Waals surface area contributed by atoms with Crippen LogP contribution in [0.15, 0.2) is 58.3 Å². The highest BCUT2D eigenvalue weighted by Crippen LogP contribution is 2.41. The van der Waals surface area contributed by atoms with E-state index in [1.165, 1.54) is 0 Å². The number of aryl methyl sites for hydroxylation is 2. The summed E-state index contributed by atoms with van der Waals surface area (Å²) in [5, 5.41) is 4.11. The van der Waals surface area contributed by atoms with Crippen LogP contribution >= 0.6 is 11.6 Å². The molecule has 1 fully saturated rings. The zero-order valence-corrected chi connectivity index (χ0v) is 23.0. The van der Waals surface area contributed by atoms with E-state index in [-0.39, 0.29) is 11.6 Å². The Labute approximate surface area is 231 Å². The minimum absolute atomic E-state index is 0.00560. The zero-order chi connectivity index (χ0) is 27.3. The first kappa shape index (κ1) is 25.4. The van der Waals surface area contributed by atoms with Gasteiger partial charge in [-0.15, -0.1) is 0 Å². The molecule has 0 saturated carbocycles. The van der Waals surface area contributed by atoms with E-state index >= 15 is 0 Å². The number of benzene rings is 3. The van der Waals surface area contributed by atoms with Gasteiger partial charge in [-0.1, -0.05) is 17.7 Å². The molecule has 0 aliphatic carbocycles. The molecule has 2 aliphatic heterocycles. The fourth-order valence-electron chi connectivity index (χ4n) is 5.77. The molecule has 39 heavy (non-hydrogen) atoms. The molecule has 1 amide bonds. The quantitative estimate of drug-likeness (QED) is 0.322. The number of aromatic nitrogens is 2. The molecule has 1 saturated heterocycles. The number of H-pyrrole nitrogens is 2. The Morgan fingerprint density at radius 3 is 2.69 bits per heavy atom. The van der Waals surface area contributed by atoms with Crippen LogP contribution in [0.2, 0.25) is 5.02 Å². The molecule has 3 heterocycles. The maximum atomic E-state index is 14.2. The second-order valence-corrected chi connectivity index (χ2v) is 11.1. The van der Waals surface area contributed by atoms with E-state index in [2.05, 4.69) is 21.4 Å². The average Bonchev–Trinajstić information content (AvgIpc) is 3.54. The van der Waals surface area contributed by atoms with Crippen molar-refractivity contribution in [1.29, 1.82) is 0 Å². The molecule has 6 rings (SSSR count). The molecule has 0 bridgehead atoms. The van der Waals surface area contributed by atoms with Crippen molar-refractivity contribution in [2.45, 2.75) is 38.8 Å². The fraction of sp³-hybridized carbons (Fsp3) is 0.300. The van der Waals surface area contributed by atoms with Gasteiger partial charge in [0.05, 0.1) is 23.1 Å². The predicted octanol–water partition coefficient (Wildman–Crippen LogP) is 5.22. The number of carbonyl (C=O) groups excluding carboxylic acids is 1. The summed E-state index contributed by atoms with van der Waals surface area (Å²) < 4.78 is 0. The fourth-order valence-corrected chi connectivity index (χ4v) is 6.05. The molecule has 1 unspecified atom stereocenters. The number of likely N-dealkylation sites (N-methyl/N-ethyl adjacent to an activating group) is 1. The van der Waals surface area contributed by atoms with Gasteiger partial charge in [-0.3, -0.25) is 4.79 Å². The minimum atomic E-state index is -0.614. The Morgan fingerprint density at radius 2 is 1.92 bits per heavy atom. The van der Waals surface area contributed by atoms with Gasteiger partial charge in [0, 0.05) is 35.9 Å². The predicted molar refractivity (Wildman–Crippen MR) is 157 cm³/mol. The number of aliphatic imine (C=N–C) groups is 1. The minimum Gasteiger partial charge on any atom is -0.342 e. The van der Waals surface area contributed by atoms with Crippen molar-refractivity contribution >= 4 is 46.3 Å². The third-order valence-corrected chi connectivity index (χ3v) is 7.90. The van der Waals surface area contributed by atoms with E-state index < -0.39 is 6.04 Å². The van der Waals surface area contributed by atoms with Crippen LogP contribution in [0.5, 0.6) is 0 Å². The summed E-state index contributed by atoms with van der Waals surface area (Å²) in [5.41, 5.74) is 7.63. The molecule has 8 nitrogen and oxygen atoms in total. The summed E-state index contributed by atoms with van der Waals surface area (Å²) in [5.74, 6) is -0.00560. The Bertz CT molecular complexity index is 1650. The third-order valence-electron chi connectivity index (χ3n) is 7.69. The second-order valence-electron chi connectivity index (χ2n) is 10.6. The second kappa shape index (κ2) is 10.0. The summed E-state index contributed by atoms with van der Waals surface area (Å²) in [4.78, 5) is 40.2. The van der Waals surface area contributed by atoms with Gasteiger partial charge in [-0.05, 0) is 98.0 Å². The number of nitrogens with one attached hydrogen (secondary N) is 3. The van der Waals surface area contributed by atoms with Crippen molar-refractivity contribution in [3.8, 4) is 11.1 Å². The Hall–Kier alpha value is -3.88. The molecule has 0 radical (unpaired) electrons. The van der Waals surface area contributed by atoms with Gasteiger partial charge in [0.1, 0.15) is 6.04 Å². The highest BCUT2D eigenvalue weighted by atomic mass is 35.5. The smallest absolute Gasteiger partial charge is 0.323 e. The molecule has 0 spiro atoms. The number of rotatable bonds is 5. The van der Waals surface area contributed by atoms with Gasteiger partial charge in [0.15, 0.2) is 0 Å². The molecule has 1 aromatic heterocycles. The lowest BCUT2D eigenvalue weighted by molar-refractivity contribution is -0.131. The van der Waals surface area contributed by atoms with Gasteiger partial charge in [-0.25, -0.2) is 9.79 Å². The van der Waals surface area contributed by atoms with Crippen molar-refractivity contribution < 1.29 is 4.79 Å². The lowest BCUT2D eigenvalue weighted by atomic mass is 9.91. The standard InChI is InChI=1S/C30H31ClN6O2/c1-17-9-20(31)13-22(10-17)37-16-33-26-11-18(2)23(19-6-7-25-27(12-19)35-30(39)34-25)14-24(26)28(37)29(38)36(3)15-21-5-4-8-32-21/h6-7,9-14,16,21,28,32H,4-5,8,15H2,1-3H3,(H2,34,35,39)/t21-,28?/m0/s1. The number of amides is 1. The first-order valence-electron chi connectivity index (χ1n) is 13.2. The number of fused-ring (bicyclic) bond motifs is 2. The molecule has 4 aromatic rings. The van der Waals surface area contributed by atoms with Gasteiger partial charge >= 0.3 is 5.69 Å². The number of carbonyl (C=O) groups is 1. The van der Waals surface area contributed by atoms with Crippen molar-refractivity contribution in [1.82, 2.24) is 20.2 Å². The number of imidazole rings is 1. The average molecular weight is 543 g/mol. The molecule has 9 heteroatoms. The molecular formula is C30H31ClN6O2. The lowest BCUT2D eigenvalue weighted by Gasteiger charge is -2.36. The van der Waals surface area contributed by atoms with Gasteiger partial charge < -0.3 is 25.1 Å². The van der Waals surface area contributed by atoms with E-state index in [0.717, 1.165) is 69.6 Å². The third kappa shape index (κ3) is 4.86. The number of hydrogen-bond donors (Lipinski definition) is 3. The van der Waals surface area contributed by atoms with E-state index in [0.29, 0.717) is 17.6 Å². The number of halogens is 1.